The highest BCUT2D eigenvalue weighted by Crippen LogP contribution is 2.17. The van der Waals surface area contributed by atoms with E-state index in [9.17, 15) is 9.18 Å². The first-order valence-electron chi connectivity index (χ1n) is 8.50. The van der Waals surface area contributed by atoms with Crippen molar-refractivity contribution in [3.63, 3.8) is 0 Å². The smallest absolute Gasteiger partial charge is 0.253 e. The number of nitrogens with one attached hydrogen (secondary N) is 1. The SMILES string of the molecule is Cc1nnnn1-c1ccccc1C(=O)NCCn1ccc2ccc(F)cc21. The van der Waals surface area contributed by atoms with Crippen LogP contribution in [0.5, 0.6) is 0 Å². The quantitative estimate of drug-likeness (QED) is 0.590. The molecule has 0 atom stereocenters. The van der Waals surface area contributed by atoms with Crippen molar-refractivity contribution >= 4 is 16.8 Å². The summed E-state index contributed by atoms with van der Waals surface area (Å²) >= 11 is 0. The number of carbonyl (C=O) groups excluding carboxylic acids is 1. The van der Waals surface area contributed by atoms with Crippen LogP contribution < -0.4 is 5.32 Å². The number of carbonyl (C=O) groups is 1. The van der Waals surface area contributed by atoms with Gasteiger partial charge in [0, 0.05) is 19.3 Å². The normalized spacial score (nSPS) is 11.0. The van der Waals surface area contributed by atoms with E-state index in [1.807, 2.05) is 22.9 Å². The lowest BCUT2D eigenvalue weighted by Crippen LogP contribution is -2.28. The van der Waals surface area contributed by atoms with Crippen LogP contribution in [0, 0.1) is 12.7 Å². The summed E-state index contributed by atoms with van der Waals surface area (Å²) < 4.78 is 16.9. The number of nitrogens with zero attached hydrogens (tertiary/aromatic N) is 5. The van der Waals surface area contributed by atoms with Gasteiger partial charge in [-0.25, -0.2) is 4.39 Å². The predicted molar refractivity (Wildman–Crippen MR) is 98.1 cm³/mol. The van der Waals surface area contributed by atoms with Crippen molar-refractivity contribution in [3.05, 3.63) is 71.9 Å². The highest BCUT2D eigenvalue weighted by Gasteiger charge is 2.14. The van der Waals surface area contributed by atoms with Crippen LogP contribution in [0.4, 0.5) is 4.39 Å². The van der Waals surface area contributed by atoms with Crippen molar-refractivity contribution in [3.8, 4) is 5.69 Å². The number of halogens is 1. The summed E-state index contributed by atoms with van der Waals surface area (Å²) in [5.74, 6) is 0.0939. The van der Waals surface area contributed by atoms with Gasteiger partial charge >= 0.3 is 0 Å². The van der Waals surface area contributed by atoms with Gasteiger partial charge in [-0.1, -0.05) is 12.1 Å². The molecule has 2 aromatic carbocycles. The number of hydrogen-bond donors (Lipinski definition) is 1. The van der Waals surface area contributed by atoms with Crippen molar-refractivity contribution in [2.45, 2.75) is 13.5 Å². The molecule has 8 heteroatoms. The van der Waals surface area contributed by atoms with Crippen molar-refractivity contribution in [2.75, 3.05) is 6.54 Å². The van der Waals surface area contributed by atoms with Crippen molar-refractivity contribution in [1.82, 2.24) is 30.1 Å². The fourth-order valence-corrected chi connectivity index (χ4v) is 3.04. The van der Waals surface area contributed by atoms with Crippen molar-refractivity contribution < 1.29 is 9.18 Å². The zero-order valence-corrected chi connectivity index (χ0v) is 14.6. The van der Waals surface area contributed by atoms with Gasteiger partial charge in [0.05, 0.1) is 16.8 Å². The van der Waals surface area contributed by atoms with E-state index in [1.54, 1.807) is 31.2 Å². The van der Waals surface area contributed by atoms with Crippen LogP contribution in [0.25, 0.3) is 16.6 Å². The molecule has 4 rings (SSSR count). The molecule has 0 unspecified atom stereocenters. The maximum absolute atomic E-state index is 13.5. The fourth-order valence-electron chi connectivity index (χ4n) is 3.04. The Hall–Kier alpha value is -3.55. The summed E-state index contributed by atoms with van der Waals surface area (Å²) in [6.07, 6.45) is 1.88. The molecular formula is C19H17FN6O. The van der Waals surface area contributed by atoms with Crippen LogP contribution in [0.1, 0.15) is 16.2 Å². The number of fused-ring (bicyclic) bond motifs is 1. The molecule has 0 aliphatic heterocycles. The first kappa shape index (κ1) is 16.9. The van der Waals surface area contributed by atoms with E-state index in [1.165, 1.54) is 16.8 Å². The Morgan fingerprint density at radius 1 is 1.19 bits per heavy atom. The number of aryl methyl sites for hydroxylation is 1. The zero-order chi connectivity index (χ0) is 18.8. The summed E-state index contributed by atoms with van der Waals surface area (Å²) in [5.41, 5.74) is 1.90. The molecule has 2 heterocycles. The summed E-state index contributed by atoms with van der Waals surface area (Å²) in [5, 5.41) is 15.3. The molecule has 4 aromatic rings. The third kappa shape index (κ3) is 3.29. The van der Waals surface area contributed by atoms with E-state index in [0.29, 0.717) is 30.2 Å². The first-order chi connectivity index (χ1) is 13.1. The number of amides is 1. The minimum Gasteiger partial charge on any atom is -0.350 e. The second-order valence-electron chi connectivity index (χ2n) is 6.12. The maximum atomic E-state index is 13.5. The van der Waals surface area contributed by atoms with E-state index >= 15 is 0 Å². The molecule has 136 valence electrons. The van der Waals surface area contributed by atoms with Crippen LogP contribution in [0.2, 0.25) is 0 Å². The standard InChI is InChI=1S/C19H17FN6O/c1-13-22-23-24-26(13)17-5-3-2-4-16(17)19(27)21-9-11-25-10-8-14-6-7-15(20)12-18(14)25/h2-8,10,12H,9,11H2,1H3,(H,21,27). The lowest BCUT2D eigenvalue weighted by molar-refractivity contribution is 0.0952. The molecule has 0 radical (unpaired) electrons. The number of tetrazole rings is 1. The molecule has 1 amide bonds. The van der Waals surface area contributed by atoms with Crippen molar-refractivity contribution in [1.29, 1.82) is 0 Å². The molecule has 0 spiro atoms. The first-order valence-corrected chi connectivity index (χ1v) is 8.50. The van der Waals surface area contributed by atoms with Gasteiger partial charge in [-0.05, 0) is 59.1 Å². The third-order valence-corrected chi connectivity index (χ3v) is 4.38. The number of rotatable bonds is 5. The number of benzene rings is 2. The largest absolute Gasteiger partial charge is 0.350 e. The Labute approximate surface area is 154 Å². The Kier molecular flexibility index (Phi) is 4.37. The summed E-state index contributed by atoms with van der Waals surface area (Å²) in [7, 11) is 0. The van der Waals surface area contributed by atoms with Gasteiger partial charge in [-0.15, -0.1) is 5.10 Å². The Morgan fingerprint density at radius 2 is 2.04 bits per heavy atom. The van der Waals surface area contributed by atoms with Gasteiger partial charge in [0.15, 0.2) is 5.82 Å². The molecular weight excluding hydrogens is 347 g/mol. The molecule has 2 aromatic heterocycles. The van der Waals surface area contributed by atoms with Gasteiger partial charge in [0.1, 0.15) is 5.82 Å². The molecule has 0 aliphatic carbocycles. The average Bonchev–Trinajstić information content (AvgIpc) is 3.27. The van der Waals surface area contributed by atoms with Crippen LogP contribution in [-0.2, 0) is 6.54 Å². The van der Waals surface area contributed by atoms with Gasteiger partial charge in [0.25, 0.3) is 5.91 Å². The summed E-state index contributed by atoms with van der Waals surface area (Å²) in [6, 6.07) is 13.7. The topological polar surface area (TPSA) is 77.6 Å². The molecule has 0 saturated heterocycles. The molecule has 1 N–H and O–H groups in total. The molecule has 0 saturated carbocycles. The van der Waals surface area contributed by atoms with Crippen LogP contribution >= 0.6 is 0 Å². The molecule has 0 fully saturated rings. The van der Waals surface area contributed by atoms with E-state index in [2.05, 4.69) is 20.8 Å². The zero-order valence-electron chi connectivity index (χ0n) is 14.6. The average molecular weight is 364 g/mol. The second kappa shape index (κ2) is 6.99. The Morgan fingerprint density at radius 3 is 2.85 bits per heavy atom. The highest BCUT2D eigenvalue weighted by atomic mass is 19.1. The van der Waals surface area contributed by atoms with Crippen molar-refractivity contribution in [2.24, 2.45) is 0 Å². The number of aromatic nitrogens is 5. The van der Waals surface area contributed by atoms with Crippen LogP contribution in [0.15, 0.2) is 54.7 Å². The van der Waals surface area contributed by atoms with Crippen LogP contribution in [0.3, 0.4) is 0 Å². The second-order valence-corrected chi connectivity index (χ2v) is 6.12. The minimum atomic E-state index is -0.280. The van der Waals surface area contributed by atoms with Gasteiger partial charge in [-0.3, -0.25) is 4.79 Å². The Balaban J connectivity index is 1.49. The minimum absolute atomic E-state index is 0.219. The van der Waals surface area contributed by atoms with Gasteiger partial charge < -0.3 is 9.88 Å². The molecule has 7 nitrogen and oxygen atoms in total. The highest BCUT2D eigenvalue weighted by molar-refractivity contribution is 5.97. The van der Waals surface area contributed by atoms with Gasteiger partial charge in [0.2, 0.25) is 0 Å². The lowest BCUT2D eigenvalue weighted by atomic mass is 10.1. The number of hydrogen-bond acceptors (Lipinski definition) is 4. The van der Waals surface area contributed by atoms with E-state index in [-0.39, 0.29) is 11.7 Å². The van der Waals surface area contributed by atoms with E-state index in [4.69, 9.17) is 0 Å². The summed E-state index contributed by atoms with van der Waals surface area (Å²) in [4.78, 5) is 12.7. The number of para-hydroxylation sites is 1. The predicted octanol–water partition coefficient (Wildman–Crippen LogP) is 2.49. The maximum Gasteiger partial charge on any atom is 0.253 e. The fraction of sp³-hybridized carbons (Fsp3) is 0.158. The Bertz CT molecular complexity index is 1120. The molecule has 0 bridgehead atoms. The van der Waals surface area contributed by atoms with Crippen LogP contribution in [-0.4, -0.2) is 37.2 Å². The van der Waals surface area contributed by atoms with E-state index in [0.717, 1.165) is 10.9 Å². The van der Waals surface area contributed by atoms with Gasteiger partial charge in [-0.2, -0.15) is 4.68 Å². The lowest BCUT2D eigenvalue weighted by Gasteiger charge is -2.11. The summed E-state index contributed by atoms with van der Waals surface area (Å²) in [6.45, 7) is 2.71. The molecule has 0 aliphatic rings. The molecule has 27 heavy (non-hydrogen) atoms. The third-order valence-electron chi connectivity index (χ3n) is 4.38. The van der Waals surface area contributed by atoms with E-state index < -0.39 is 0 Å². The monoisotopic (exact) mass is 364 g/mol.